The van der Waals surface area contributed by atoms with Crippen molar-refractivity contribution < 1.29 is 18.8 Å². The van der Waals surface area contributed by atoms with Crippen LogP contribution in [0.25, 0.3) is 22.5 Å². The van der Waals surface area contributed by atoms with Gasteiger partial charge in [0.05, 0.1) is 12.8 Å². The zero-order valence-electron chi connectivity index (χ0n) is 25.1. The molecule has 5 rings (SSSR count). The first-order valence-corrected chi connectivity index (χ1v) is 14.3. The lowest BCUT2D eigenvalue weighted by Gasteiger charge is -2.21. The van der Waals surface area contributed by atoms with Gasteiger partial charge in [-0.05, 0) is 55.2 Å². The van der Waals surface area contributed by atoms with Crippen LogP contribution in [0.1, 0.15) is 44.7 Å². The summed E-state index contributed by atoms with van der Waals surface area (Å²) in [6, 6.07) is 22.1. The van der Waals surface area contributed by atoms with E-state index in [1.165, 1.54) is 0 Å². The number of hydrogen-bond acceptors (Lipinski definition) is 7. The van der Waals surface area contributed by atoms with Crippen molar-refractivity contribution in [3.63, 3.8) is 0 Å². The summed E-state index contributed by atoms with van der Waals surface area (Å²) < 4.78 is 16.5. The molecule has 0 bridgehead atoms. The van der Waals surface area contributed by atoms with Crippen LogP contribution < -0.4 is 15.4 Å². The number of methoxy groups -OCH3 is 1. The first-order valence-electron chi connectivity index (χ1n) is 14.3. The highest BCUT2D eigenvalue weighted by Crippen LogP contribution is 2.37. The van der Waals surface area contributed by atoms with Gasteiger partial charge in [0.2, 0.25) is 0 Å². The van der Waals surface area contributed by atoms with Crippen LogP contribution in [0.2, 0.25) is 0 Å². The van der Waals surface area contributed by atoms with Crippen LogP contribution in [0.3, 0.4) is 0 Å². The van der Waals surface area contributed by atoms with E-state index in [-0.39, 0.29) is 5.60 Å². The summed E-state index contributed by atoms with van der Waals surface area (Å²) >= 11 is 0. The first-order chi connectivity index (χ1) is 20.7. The molecule has 1 N–H and O–H groups in total. The lowest BCUT2D eigenvalue weighted by atomic mass is 9.96. The fourth-order valence-corrected chi connectivity index (χ4v) is 5.33. The van der Waals surface area contributed by atoms with Gasteiger partial charge in [0.15, 0.2) is 5.82 Å². The number of fused-ring (bicyclic) bond motifs is 1. The number of ether oxygens (including phenoxy) is 2. The molecular weight excluding hydrogens is 544 g/mol. The van der Waals surface area contributed by atoms with E-state index in [1.54, 1.807) is 7.11 Å². The third kappa shape index (κ3) is 6.61. The minimum absolute atomic E-state index is 0.230. The van der Waals surface area contributed by atoms with Crippen molar-refractivity contribution in [2.75, 3.05) is 19.1 Å². The number of H-pyrrole nitrogens is 1. The molecule has 0 unspecified atom stereocenters. The second kappa shape index (κ2) is 12.5. The van der Waals surface area contributed by atoms with Gasteiger partial charge in [0.1, 0.15) is 17.6 Å². The zero-order chi connectivity index (χ0) is 30.6. The van der Waals surface area contributed by atoms with E-state index in [0.717, 1.165) is 58.4 Å². The number of allylic oxidation sites excluding steroid dienone is 2. The minimum atomic E-state index is -0.604. The SMILES string of the molecule is CCC/C(N=C(OC)N(C)c1ccc2c(c1)CC(C)(C)O2)=C(/C=O)Cc1ccc(-c2ccccc2-c2noc(=O)[nH]2)cc1. The molecule has 0 saturated heterocycles. The Kier molecular flexibility index (Phi) is 8.61. The van der Waals surface area contributed by atoms with E-state index in [1.807, 2.05) is 72.6 Å². The summed E-state index contributed by atoms with van der Waals surface area (Å²) in [6.07, 6.45) is 3.59. The molecule has 0 radical (unpaired) electrons. The van der Waals surface area contributed by atoms with Crippen molar-refractivity contribution in [2.45, 2.75) is 52.1 Å². The molecule has 222 valence electrons. The Morgan fingerprint density at radius 3 is 2.51 bits per heavy atom. The molecule has 0 saturated carbocycles. The average Bonchev–Trinajstić information content (AvgIpc) is 3.58. The number of aromatic amines is 1. The number of rotatable bonds is 9. The van der Waals surface area contributed by atoms with Crippen LogP contribution in [-0.4, -0.2) is 42.2 Å². The van der Waals surface area contributed by atoms with Crippen LogP contribution in [0.15, 0.2) is 92.3 Å². The van der Waals surface area contributed by atoms with Crippen molar-refractivity contribution in [1.82, 2.24) is 10.1 Å². The van der Waals surface area contributed by atoms with Gasteiger partial charge in [-0.1, -0.05) is 67.0 Å². The lowest BCUT2D eigenvalue weighted by Crippen LogP contribution is -2.28. The van der Waals surface area contributed by atoms with Crippen LogP contribution in [0.4, 0.5) is 5.69 Å². The van der Waals surface area contributed by atoms with Gasteiger partial charge >= 0.3 is 5.76 Å². The Bertz CT molecular complexity index is 1730. The summed E-state index contributed by atoms with van der Waals surface area (Å²) in [7, 11) is 3.49. The number of hydrogen-bond donors (Lipinski definition) is 1. The fraction of sp³-hybridized carbons (Fsp3) is 0.294. The van der Waals surface area contributed by atoms with Gasteiger partial charge < -0.3 is 9.47 Å². The predicted molar refractivity (Wildman–Crippen MR) is 167 cm³/mol. The Hall–Kier alpha value is -4.92. The van der Waals surface area contributed by atoms with E-state index in [9.17, 15) is 9.59 Å². The second-order valence-electron chi connectivity index (χ2n) is 11.2. The minimum Gasteiger partial charge on any atom is -0.487 e. The fourth-order valence-electron chi connectivity index (χ4n) is 5.33. The monoisotopic (exact) mass is 580 g/mol. The molecule has 1 aliphatic rings. The van der Waals surface area contributed by atoms with E-state index in [0.29, 0.717) is 36.0 Å². The van der Waals surface area contributed by atoms with E-state index < -0.39 is 5.76 Å². The Balaban J connectivity index is 1.41. The number of carbonyl (C=O) groups excluding carboxylic acids is 1. The highest BCUT2D eigenvalue weighted by atomic mass is 16.5. The topological polar surface area (TPSA) is 110 Å². The van der Waals surface area contributed by atoms with Gasteiger partial charge in [0, 0.05) is 42.3 Å². The number of carbonyl (C=O) groups is 1. The van der Waals surface area contributed by atoms with Crippen LogP contribution in [0, 0.1) is 0 Å². The molecule has 0 fully saturated rings. The summed E-state index contributed by atoms with van der Waals surface area (Å²) in [5, 5.41) is 3.84. The molecule has 0 amide bonds. The molecule has 0 spiro atoms. The third-order valence-corrected chi connectivity index (χ3v) is 7.42. The Morgan fingerprint density at radius 1 is 1.12 bits per heavy atom. The van der Waals surface area contributed by atoms with Crippen LogP contribution in [0.5, 0.6) is 5.75 Å². The van der Waals surface area contributed by atoms with Gasteiger partial charge in [-0.2, -0.15) is 0 Å². The van der Waals surface area contributed by atoms with Gasteiger partial charge in [-0.25, -0.2) is 9.79 Å². The quantitative estimate of drug-likeness (QED) is 0.106. The normalized spacial score (nSPS) is 14.5. The molecule has 9 heteroatoms. The number of aromatic nitrogens is 2. The number of amidine groups is 1. The largest absolute Gasteiger partial charge is 0.487 e. The van der Waals surface area contributed by atoms with Gasteiger partial charge in [-0.15, -0.1) is 0 Å². The third-order valence-electron chi connectivity index (χ3n) is 7.42. The summed E-state index contributed by atoms with van der Waals surface area (Å²) in [5.41, 5.74) is 6.69. The van der Waals surface area contributed by atoms with Crippen molar-refractivity contribution in [1.29, 1.82) is 0 Å². The maximum absolute atomic E-state index is 12.4. The lowest BCUT2D eigenvalue weighted by molar-refractivity contribution is -0.105. The maximum atomic E-state index is 12.4. The summed E-state index contributed by atoms with van der Waals surface area (Å²) in [4.78, 5) is 33.2. The van der Waals surface area contributed by atoms with E-state index in [2.05, 4.69) is 37.0 Å². The number of nitrogens with zero attached hydrogens (tertiary/aromatic N) is 3. The Morgan fingerprint density at radius 2 is 1.86 bits per heavy atom. The number of benzene rings is 3. The van der Waals surface area contributed by atoms with Crippen molar-refractivity contribution in [3.8, 4) is 28.3 Å². The van der Waals surface area contributed by atoms with Crippen molar-refractivity contribution >= 4 is 18.0 Å². The number of nitrogens with one attached hydrogen (secondary N) is 1. The standard InChI is InChI=1S/C34H36N4O5/c1-6-9-29(35-32(41-5)38(4)26-16-17-30-24(19-26)20-34(2,3)42-30)25(21-39)18-22-12-14-23(15-13-22)27-10-7-8-11-28(27)31-36-33(40)43-37-31/h7-8,10-17,19,21H,6,9,18,20H2,1-5H3,(H,36,37,40)/b29-25-,35-32?. The smallest absolute Gasteiger partial charge is 0.439 e. The number of anilines is 1. The van der Waals surface area contributed by atoms with Crippen molar-refractivity contribution in [3.05, 3.63) is 99.7 Å². The number of aldehydes is 1. The predicted octanol–water partition coefficient (Wildman–Crippen LogP) is 6.34. The molecule has 0 aliphatic carbocycles. The van der Waals surface area contributed by atoms with E-state index in [4.69, 9.17) is 19.0 Å². The summed E-state index contributed by atoms with van der Waals surface area (Å²) in [6.45, 7) is 6.22. The highest BCUT2D eigenvalue weighted by Gasteiger charge is 2.30. The first kappa shape index (κ1) is 29.6. The Labute approximate surface area is 250 Å². The van der Waals surface area contributed by atoms with Crippen molar-refractivity contribution in [2.24, 2.45) is 4.99 Å². The molecule has 4 aromatic rings. The van der Waals surface area contributed by atoms with E-state index >= 15 is 0 Å². The molecule has 1 aliphatic heterocycles. The maximum Gasteiger partial charge on any atom is 0.439 e. The molecule has 2 heterocycles. The molecule has 9 nitrogen and oxygen atoms in total. The molecule has 3 aromatic carbocycles. The van der Waals surface area contributed by atoms with Gasteiger partial charge in [0.25, 0.3) is 6.02 Å². The molecule has 1 aromatic heterocycles. The van der Waals surface area contributed by atoms with Crippen LogP contribution >= 0.6 is 0 Å². The average molecular weight is 581 g/mol. The summed E-state index contributed by atoms with van der Waals surface area (Å²) in [5.74, 6) is 0.664. The van der Waals surface area contributed by atoms with Gasteiger partial charge in [-0.3, -0.25) is 19.2 Å². The zero-order valence-corrected chi connectivity index (χ0v) is 25.1. The highest BCUT2D eigenvalue weighted by molar-refractivity contribution is 5.92. The van der Waals surface area contributed by atoms with Crippen LogP contribution in [-0.2, 0) is 22.4 Å². The number of aliphatic imine (C=N–C) groups is 1. The molecule has 0 atom stereocenters. The molecule has 43 heavy (non-hydrogen) atoms. The second-order valence-corrected chi connectivity index (χ2v) is 11.2. The molecular formula is C34H36N4O5.